The molecule has 0 saturated heterocycles. The Bertz CT molecular complexity index is 1040. The average Bonchev–Trinajstić information content (AvgIpc) is 3.34. The van der Waals surface area contributed by atoms with Crippen molar-refractivity contribution >= 4 is 5.69 Å². The molecule has 2 aromatic carbocycles. The summed E-state index contributed by atoms with van der Waals surface area (Å²) in [6, 6.07) is 18.7. The lowest BCUT2D eigenvalue weighted by molar-refractivity contribution is 0.101. The van der Waals surface area contributed by atoms with Gasteiger partial charge in [0.2, 0.25) is 0 Å². The highest BCUT2D eigenvalue weighted by molar-refractivity contribution is 5.54. The number of nitrogens with zero attached hydrogens (tertiary/aromatic N) is 3. The zero-order valence-corrected chi connectivity index (χ0v) is 18.5. The maximum Gasteiger partial charge on any atom is 0.121 e. The molecule has 1 aliphatic heterocycles. The zero-order chi connectivity index (χ0) is 21.4. The molecule has 2 aromatic rings. The lowest BCUT2D eigenvalue weighted by Crippen LogP contribution is -2.44. The molecule has 1 fully saturated rings. The van der Waals surface area contributed by atoms with Crippen LogP contribution in [0, 0.1) is 17.3 Å². The van der Waals surface area contributed by atoms with E-state index in [-0.39, 0.29) is 11.0 Å². The first-order valence-electron chi connectivity index (χ1n) is 10.9. The number of hydrogen-bond acceptors (Lipinski definition) is 3. The minimum Gasteiger partial charge on any atom is -0.215 e. The van der Waals surface area contributed by atoms with Crippen molar-refractivity contribution in [3.63, 3.8) is 0 Å². The Kier molecular flexibility index (Phi) is 3.93. The lowest BCUT2D eigenvalue weighted by atomic mass is 9.61. The SMILES string of the molecule is CC(C)(C)N([O])c1cccc(C23N=NC(c4ccccc4)(C4C=CCC42)C3(C)C)c1. The molecule has 4 unspecified atom stereocenters. The van der Waals surface area contributed by atoms with Gasteiger partial charge < -0.3 is 0 Å². The van der Waals surface area contributed by atoms with Crippen LogP contribution in [0.1, 0.15) is 52.2 Å². The van der Waals surface area contributed by atoms with E-state index in [0.717, 1.165) is 17.0 Å². The number of hydrogen-bond donors (Lipinski definition) is 0. The average molecular weight is 401 g/mol. The molecule has 4 atom stereocenters. The fourth-order valence-corrected chi connectivity index (χ4v) is 6.43. The molecule has 5 rings (SSSR count). The molecule has 0 aromatic heterocycles. The number of azo groups is 1. The van der Waals surface area contributed by atoms with Gasteiger partial charge in [-0.25, -0.2) is 5.06 Å². The number of rotatable bonds is 3. The highest BCUT2D eigenvalue weighted by Crippen LogP contribution is 2.76. The Morgan fingerprint density at radius 3 is 2.30 bits per heavy atom. The van der Waals surface area contributed by atoms with Crippen molar-refractivity contribution in [1.29, 1.82) is 0 Å². The quantitative estimate of drug-likeness (QED) is 0.433. The number of anilines is 1. The molecule has 1 radical (unpaired) electrons. The van der Waals surface area contributed by atoms with Gasteiger partial charge in [0, 0.05) is 17.3 Å². The topological polar surface area (TPSA) is 47.9 Å². The van der Waals surface area contributed by atoms with Crippen molar-refractivity contribution in [3.05, 3.63) is 77.9 Å². The van der Waals surface area contributed by atoms with Crippen LogP contribution in [0.4, 0.5) is 5.69 Å². The van der Waals surface area contributed by atoms with Gasteiger partial charge in [-0.05, 0) is 50.5 Å². The monoisotopic (exact) mass is 400 g/mol. The molecule has 4 heteroatoms. The first kappa shape index (κ1) is 19.5. The van der Waals surface area contributed by atoms with E-state index in [1.54, 1.807) is 0 Å². The summed E-state index contributed by atoms with van der Waals surface area (Å²) in [6.07, 6.45) is 5.65. The van der Waals surface area contributed by atoms with Crippen molar-refractivity contribution in [2.75, 3.05) is 5.06 Å². The van der Waals surface area contributed by atoms with Crippen molar-refractivity contribution in [3.8, 4) is 0 Å². The maximum atomic E-state index is 13.0. The first-order chi connectivity index (χ1) is 14.2. The summed E-state index contributed by atoms with van der Waals surface area (Å²) in [5, 5.41) is 24.2. The zero-order valence-electron chi connectivity index (χ0n) is 18.5. The van der Waals surface area contributed by atoms with Gasteiger partial charge in [-0.15, -0.1) is 0 Å². The lowest BCUT2D eigenvalue weighted by Gasteiger charge is -2.41. The second-order valence-electron chi connectivity index (χ2n) is 10.5. The predicted octanol–water partition coefficient (Wildman–Crippen LogP) is 6.43. The van der Waals surface area contributed by atoms with Gasteiger partial charge in [0.1, 0.15) is 11.1 Å². The van der Waals surface area contributed by atoms with Crippen LogP contribution in [0.5, 0.6) is 0 Å². The molecule has 30 heavy (non-hydrogen) atoms. The summed E-state index contributed by atoms with van der Waals surface area (Å²) in [5.41, 5.74) is 1.46. The van der Waals surface area contributed by atoms with Crippen molar-refractivity contribution in [1.82, 2.24) is 0 Å². The summed E-state index contributed by atoms with van der Waals surface area (Å²) in [6.45, 7) is 10.5. The number of benzene rings is 2. The Morgan fingerprint density at radius 1 is 0.933 bits per heavy atom. The van der Waals surface area contributed by atoms with E-state index in [9.17, 15) is 5.21 Å². The Hall–Kier alpha value is -2.46. The summed E-state index contributed by atoms with van der Waals surface area (Å²) in [5.74, 6) is 0.650. The summed E-state index contributed by atoms with van der Waals surface area (Å²) >= 11 is 0. The largest absolute Gasteiger partial charge is 0.215 e. The van der Waals surface area contributed by atoms with Crippen LogP contribution in [-0.2, 0) is 16.3 Å². The Morgan fingerprint density at radius 2 is 1.60 bits per heavy atom. The second-order valence-corrected chi connectivity index (χ2v) is 10.5. The number of hydroxylamine groups is 1. The highest BCUT2D eigenvalue weighted by atomic mass is 16.5. The van der Waals surface area contributed by atoms with E-state index in [0.29, 0.717) is 17.5 Å². The van der Waals surface area contributed by atoms with Gasteiger partial charge in [0.15, 0.2) is 0 Å². The normalized spacial score (nSPS) is 33.1. The van der Waals surface area contributed by atoms with Crippen molar-refractivity contribution < 1.29 is 5.21 Å². The Labute approximate surface area is 179 Å². The molecule has 4 nitrogen and oxygen atoms in total. The fraction of sp³-hybridized carbons (Fsp3) is 0.462. The third-order valence-corrected chi connectivity index (χ3v) is 7.80. The van der Waals surface area contributed by atoms with Gasteiger partial charge in [-0.3, -0.25) is 0 Å². The van der Waals surface area contributed by atoms with Gasteiger partial charge in [0.25, 0.3) is 0 Å². The summed E-state index contributed by atoms with van der Waals surface area (Å²) in [4.78, 5) is 0. The molecular weight excluding hydrogens is 370 g/mol. The van der Waals surface area contributed by atoms with Crippen LogP contribution in [0.15, 0.2) is 77.0 Å². The maximum absolute atomic E-state index is 13.0. The van der Waals surface area contributed by atoms with Gasteiger partial charge in [-0.2, -0.15) is 10.2 Å². The van der Waals surface area contributed by atoms with E-state index in [1.165, 1.54) is 5.56 Å². The van der Waals surface area contributed by atoms with Crippen LogP contribution in [0.3, 0.4) is 0 Å². The molecule has 2 aliphatic carbocycles. The molecule has 0 amide bonds. The van der Waals surface area contributed by atoms with E-state index in [2.05, 4.69) is 68.5 Å². The van der Waals surface area contributed by atoms with Crippen molar-refractivity contribution in [2.45, 2.75) is 57.7 Å². The number of fused-ring (bicyclic) bond motifs is 5. The van der Waals surface area contributed by atoms with E-state index < -0.39 is 11.1 Å². The van der Waals surface area contributed by atoms with Crippen LogP contribution in [0.25, 0.3) is 0 Å². The molecule has 1 heterocycles. The molecule has 1 saturated carbocycles. The third kappa shape index (κ3) is 2.15. The molecule has 0 N–H and O–H groups in total. The van der Waals surface area contributed by atoms with Gasteiger partial charge in [0.05, 0.1) is 11.2 Å². The standard InChI is InChI=1S/C26H30N3O/c1-23(2,3)29(30)20-14-9-13-19(17-20)26-22-16-10-15-21(22)25(27-28-26,24(26,4)5)18-11-7-6-8-12-18/h6-15,17,21-22H,16H2,1-5H3. The molecular formula is C26H30N3O. The first-order valence-corrected chi connectivity index (χ1v) is 10.9. The van der Waals surface area contributed by atoms with E-state index in [4.69, 9.17) is 10.2 Å². The van der Waals surface area contributed by atoms with E-state index >= 15 is 0 Å². The molecule has 2 bridgehead atoms. The summed E-state index contributed by atoms with van der Waals surface area (Å²) < 4.78 is 0. The highest BCUT2D eigenvalue weighted by Gasteiger charge is 2.77. The van der Waals surface area contributed by atoms with Gasteiger partial charge >= 0.3 is 0 Å². The molecule has 0 spiro atoms. The van der Waals surface area contributed by atoms with E-state index in [1.807, 2.05) is 32.9 Å². The Balaban J connectivity index is 1.70. The minimum absolute atomic E-state index is 0.227. The van der Waals surface area contributed by atoms with Crippen LogP contribution >= 0.6 is 0 Å². The predicted molar refractivity (Wildman–Crippen MR) is 119 cm³/mol. The summed E-state index contributed by atoms with van der Waals surface area (Å²) in [7, 11) is 0. The minimum atomic E-state index is -0.496. The molecule has 3 aliphatic rings. The smallest absolute Gasteiger partial charge is 0.121 e. The second kappa shape index (κ2) is 6.04. The third-order valence-electron chi connectivity index (χ3n) is 7.80. The van der Waals surface area contributed by atoms with Crippen LogP contribution in [-0.4, -0.2) is 5.54 Å². The molecule has 155 valence electrons. The number of allylic oxidation sites excluding steroid dienone is 1. The fourth-order valence-electron chi connectivity index (χ4n) is 6.43. The van der Waals surface area contributed by atoms with Gasteiger partial charge in [-0.1, -0.05) is 73.7 Å². The van der Waals surface area contributed by atoms with Crippen LogP contribution in [0.2, 0.25) is 0 Å². The van der Waals surface area contributed by atoms with Crippen molar-refractivity contribution in [2.24, 2.45) is 27.5 Å². The van der Waals surface area contributed by atoms with Crippen LogP contribution < -0.4 is 5.06 Å².